The maximum atomic E-state index is 14.1. The van der Waals surface area contributed by atoms with Crippen molar-refractivity contribution in [1.82, 2.24) is 29.7 Å². The van der Waals surface area contributed by atoms with E-state index < -0.39 is 0 Å². The summed E-state index contributed by atoms with van der Waals surface area (Å²) >= 11 is 0. The van der Waals surface area contributed by atoms with Gasteiger partial charge in [-0.05, 0) is 103 Å². The van der Waals surface area contributed by atoms with Crippen molar-refractivity contribution in [2.45, 2.75) is 70.0 Å². The molecule has 2 N–H and O–H groups in total. The summed E-state index contributed by atoms with van der Waals surface area (Å²) in [6.07, 6.45) is 11.3. The number of fused-ring (bicyclic) bond motifs is 3. The summed E-state index contributed by atoms with van der Waals surface area (Å²) in [6.45, 7) is 2.46. The maximum Gasteiger partial charge on any atom is 0.322 e. The number of urea groups is 2. The van der Waals surface area contributed by atoms with Crippen LogP contribution in [0.25, 0.3) is 11.0 Å². The third kappa shape index (κ3) is 6.62. The van der Waals surface area contributed by atoms with Crippen LogP contribution in [0, 0.1) is 0 Å². The molecular formula is C40H43N7O2. The number of hydrogen-bond acceptors (Lipinski definition) is 4. The Morgan fingerprint density at radius 1 is 0.857 bits per heavy atom. The Morgan fingerprint density at radius 2 is 1.67 bits per heavy atom. The fourth-order valence-electron chi connectivity index (χ4n) is 7.92. The highest BCUT2D eigenvalue weighted by molar-refractivity contribution is 5.91. The molecule has 3 aromatic carbocycles. The van der Waals surface area contributed by atoms with Gasteiger partial charge < -0.3 is 25.0 Å². The zero-order valence-electron chi connectivity index (χ0n) is 27.9. The monoisotopic (exact) mass is 653 g/mol. The van der Waals surface area contributed by atoms with Crippen LogP contribution in [0.4, 0.5) is 15.3 Å². The topological polar surface area (TPSA) is 95.4 Å². The first-order valence-electron chi connectivity index (χ1n) is 17.7. The number of hydrogen-bond donors (Lipinski definition) is 2. The maximum absolute atomic E-state index is 14.1. The van der Waals surface area contributed by atoms with Gasteiger partial charge in [0.2, 0.25) is 0 Å². The van der Waals surface area contributed by atoms with E-state index in [0.29, 0.717) is 32.6 Å². The highest BCUT2D eigenvalue weighted by Gasteiger charge is 2.33. The third-order valence-electron chi connectivity index (χ3n) is 10.5. The molecule has 9 heteroatoms. The van der Waals surface area contributed by atoms with Crippen molar-refractivity contribution in [2.75, 3.05) is 25.0 Å². The van der Waals surface area contributed by atoms with Crippen LogP contribution < -0.4 is 10.6 Å². The lowest BCUT2D eigenvalue weighted by molar-refractivity contribution is 0.133. The zero-order chi connectivity index (χ0) is 33.2. The number of aromatic nitrogens is 3. The number of anilines is 1. The molecule has 8 rings (SSSR count). The number of para-hydroxylation sites is 3. The van der Waals surface area contributed by atoms with Crippen LogP contribution in [0.3, 0.4) is 0 Å². The van der Waals surface area contributed by atoms with Crippen LogP contribution in [0.15, 0.2) is 91.3 Å². The van der Waals surface area contributed by atoms with Gasteiger partial charge in [0.15, 0.2) is 0 Å². The molecule has 4 heterocycles. The Labute approximate surface area is 287 Å². The lowest BCUT2D eigenvalue weighted by Crippen LogP contribution is -2.52. The predicted molar refractivity (Wildman–Crippen MR) is 192 cm³/mol. The van der Waals surface area contributed by atoms with E-state index in [1.807, 2.05) is 58.5 Å². The number of nitrogens with zero attached hydrogens (tertiary/aromatic N) is 5. The number of nitrogens with one attached hydrogen (secondary N) is 2. The Balaban J connectivity index is 1.04. The molecule has 1 atom stereocenters. The molecule has 0 bridgehead atoms. The van der Waals surface area contributed by atoms with Gasteiger partial charge in [-0.1, -0.05) is 54.6 Å². The molecule has 5 aromatic rings. The summed E-state index contributed by atoms with van der Waals surface area (Å²) < 4.78 is 2.23. The number of aryl methyl sites for hydroxylation is 2. The lowest BCUT2D eigenvalue weighted by Gasteiger charge is -2.38. The summed E-state index contributed by atoms with van der Waals surface area (Å²) in [5, 5.41) is 6.54. The molecule has 1 saturated heterocycles. The zero-order valence-corrected chi connectivity index (χ0v) is 27.9. The normalized spacial score (nSPS) is 17.2. The number of piperidine rings is 1. The number of likely N-dealkylation sites (tertiary alicyclic amines) is 1. The number of rotatable bonds is 7. The number of amides is 4. The van der Waals surface area contributed by atoms with Crippen molar-refractivity contribution in [3.63, 3.8) is 0 Å². The second kappa shape index (κ2) is 13.7. The van der Waals surface area contributed by atoms with E-state index in [0.717, 1.165) is 65.8 Å². The average Bonchev–Trinajstić information content (AvgIpc) is 3.41. The van der Waals surface area contributed by atoms with Crippen LogP contribution in [0.1, 0.15) is 65.4 Å². The molecule has 1 aliphatic carbocycles. The number of carbonyl (C=O) groups is 2. The highest BCUT2D eigenvalue weighted by Crippen LogP contribution is 2.29. The quantitative estimate of drug-likeness (QED) is 0.200. The summed E-state index contributed by atoms with van der Waals surface area (Å²) in [5.74, 6) is 0.840. The van der Waals surface area contributed by atoms with Crippen LogP contribution in [0.5, 0.6) is 0 Å². The van der Waals surface area contributed by atoms with E-state index in [-0.39, 0.29) is 24.1 Å². The van der Waals surface area contributed by atoms with Crippen molar-refractivity contribution in [3.05, 3.63) is 125 Å². The van der Waals surface area contributed by atoms with Gasteiger partial charge in [0.1, 0.15) is 5.82 Å². The summed E-state index contributed by atoms with van der Waals surface area (Å²) in [7, 11) is 0. The van der Waals surface area contributed by atoms with Crippen molar-refractivity contribution in [2.24, 2.45) is 0 Å². The molecule has 0 radical (unpaired) electrons. The Morgan fingerprint density at radius 3 is 2.53 bits per heavy atom. The number of imidazole rings is 1. The van der Waals surface area contributed by atoms with Gasteiger partial charge in [-0.25, -0.2) is 14.6 Å². The van der Waals surface area contributed by atoms with E-state index in [4.69, 9.17) is 4.98 Å². The summed E-state index contributed by atoms with van der Waals surface area (Å²) in [6, 6.07) is 26.7. The fraction of sp³-hybridized carbons (Fsp3) is 0.350. The number of carbonyl (C=O) groups excluding carboxylic acids is 2. The Kier molecular flexibility index (Phi) is 8.73. The first-order chi connectivity index (χ1) is 24.1. The lowest BCUT2D eigenvalue weighted by atomic mass is 9.89. The standard InChI is InChI=1S/C40H43N7O2/c48-39(45-21-18-33(19-22-45)46-23-17-31-10-3-4-12-34(31)43-40(46)49)44-36(25-28-15-16-30-9-1-2-11-32(30)24-28)38-42-35-13-5-6-14-37(35)47(38)27-29-8-7-20-41-26-29/h3-8,10,12-16,20,24,26,33,36H,1-2,9,11,17-19,21-23,25,27H2,(H,43,49)(H,44,48)/t36-/m1/s1. The third-order valence-corrected chi connectivity index (χ3v) is 10.5. The van der Waals surface area contributed by atoms with Crippen LogP contribution >= 0.6 is 0 Å². The minimum absolute atomic E-state index is 0.0505. The first-order valence-corrected chi connectivity index (χ1v) is 17.7. The van der Waals surface area contributed by atoms with E-state index in [1.54, 1.807) is 6.20 Å². The Hall–Kier alpha value is -5.18. The van der Waals surface area contributed by atoms with Gasteiger partial charge in [0, 0.05) is 43.8 Å². The first kappa shape index (κ1) is 31.1. The fourth-order valence-corrected chi connectivity index (χ4v) is 7.92. The van der Waals surface area contributed by atoms with E-state index in [9.17, 15) is 9.59 Å². The van der Waals surface area contributed by atoms with Crippen molar-refractivity contribution < 1.29 is 9.59 Å². The minimum atomic E-state index is -0.342. The van der Waals surface area contributed by atoms with Crippen molar-refractivity contribution in [3.8, 4) is 0 Å². The number of benzene rings is 3. The summed E-state index contributed by atoms with van der Waals surface area (Å²) in [5.41, 5.74) is 9.16. The van der Waals surface area contributed by atoms with Gasteiger partial charge >= 0.3 is 12.1 Å². The van der Waals surface area contributed by atoms with Crippen molar-refractivity contribution >= 4 is 28.8 Å². The minimum Gasteiger partial charge on any atom is -0.328 e. The van der Waals surface area contributed by atoms with Crippen LogP contribution in [-0.4, -0.2) is 62.1 Å². The van der Waals surface area contributed by atoms with E-state index >= 15 is 0 Å². The highest BCUT2D eigenvalue weighted by atomic mass is 16.2. The van der Waals surface area contributed by atoms with Gasteiger partial charge in [0.25, 0.3) is 0 Å². The molecule has 2 aromatic heterocycles. The van der Waals surface area contributed by atoms with Gasteiger partial charge in [-0.2, -0.15) is 0 Å². The van der Waals surface area contributed by atoms with Gasteiger partial charge in [-0.3, -0.25) is 4.98 Å². The SMILES string of the molecule is O=C(N[C@H](Cc1ccc2c(c1)CCCC2)c1nc2ccccc2n1Cc1cccnc1)N1CCC(N2CCc3ccccc3NC2=O)CC1. The molecular weight excluding hydrogens is 610 g/mol. The van der Waals surface area contributed by atoms with Gasteiger partial charge in [-0.15, -0.1) is 0 Å². The summed E-state index contributed by atoms with van der Waals surface area (Å²) in [4.78, 5) is 40.7. The molecule has 2 aliphatic heterocycles. The average molecular weight is 654 g/mol. The molecule has 1 fully saturated rings. The Bertz CT molecular complexity index is 1960. The molecule has 3 aliphatic rings. The second-order valence-electron chi connectivity index (χ2n) is 13.7. The number of pyridine rings is 1. The van der Waals surface area contributed by atoms with Crippen LogP contribution in [-0.2, 0) is 32.2 Å². The van der Waals surface area contributed by atoms with Gasteiger partial charge in [0.05, 0.1) is 23.6 Å². The van der Waals surface area contributed by atoms with Crippen molar-refractivity contribution in [1.29, 1.82) is 0 Å². The molecule has 250 valence electrons. The second-order valence-corrected chi connectivity index (χ2v) is 13.7. The molecule has 9 nitrogen and oxygen atoms in total. The molecule has 0 spiro atoms. The molecule has 49 heavy (non-hydrogen) atoms. The molecule has 0 unspecified atom stereocenters. The van der Waals surface area contributed by atoms with E-state index in [2.05, 4.69) is 56.6 Å². The predicted octanol–water partition coefficient (Wildman–Crippen LogP) is 6.91. The molecule has 0 saturated carbocycles. The largest absolute Gasteiger partial charge is 0.328 e. The van der Waals surface area contributed by atoms with Crippen LogP contribution in [0.2, 0.25) is 0 Å². The smallest absolute Gasteiger partial charge is 0.322 e. The van der Waals surface area contributed by atoms with E-state index in [1.165, 1.54) is 29.5 Å². The molecule has 4 amide bonds.